The summed E-state index contributed by atoms with van der Waals surface area (Å²) in [6.07, 6.45) is 0.705. The van der Waals surface area contributed by atoms with E-state index in [4.69, 9.17) is 0 Å². The van der Waals surface area contributed by atoms with E-state index < -0.39 is 5.25 Å². The molecule has 28 heavy (non-hydrogen) atoms. The molecule has 1 aliphatic heterocycles. The van der Waals surface area contributed by atoms with E-state index in [9.17, 15) is 9.18 Å². The van der Waals surface area contributed by atoms with Crippen molar-refractivity contribution < 1.29 is 9.18 Å². The van der Waals surface area contributed by atoms with Crippen LogP contribution in [-0.2, 0) is 11.2 Å². The van der Waals surface area contributed by atoms with Crippen LogP contribution >= 0.6 is 11.8 Å². The number of nitrogens with zero attached hydrogens (tertiary/aromatic N) is 3. The second-order valence-electron chi connectivity index (χ2n) is 6.64. The molecule has 0 spiro atoms. The van der Waals surface area contributed by atoms with Gasteiger partial charge in [-0.2, -0.15) is 0 Å². The number of aromatic nitrogens is 3. The van der Waals surface area contributed by atoms with E-state index in [1.165, 1.54) is 23.9 Å². The number of hydrogen-bond acceptors (Lipinski definition) is 5. The molecule has 8 heteroatoms. The van der Waals surface area contributed by atoms with Crippen LogP contribution in [0, 0.1) is 12.7 Å². The van der Waals surface area contributed by atoms with E-state index in [2.05, 4.69) is 20.9 Å². The van der Waals surface area contributed by atoms with Crippen LogP contribution in [0.4, 0.5) is 10.1 Å². The van der Waals surface area contributed by atoms with Crippen molar-refractivity contribution in [2.24, 2.45) is 0 Å². The number of amides is 1. The smallest absolute Gasteiger partial charge is 0.240 e. The molecule has 6 nitrogen and oxygen atoms in total. The molecule has 0 bridgehead atoms. The number of anilines is 1. The van der Waals surface area contributed by atoms with Crippen LogP contribution < -0.4 is 10.7 Å². The van der Waals surface area contributed by atoms with Gasteiger partial charge in [0.25, 0.3) is 0 Å². The largest absolute Gasteiger partial charge is 0.325 e. The Morgan fingerprint density at radius 3 is 2.75 bits per heavy atom. The molecular weight excluding hydrogens is 377 g/mol. The second kappa shape index (κ2) is 7.63. The highest BCUT2D eigenvalue weighted by atomic mass is 32.2. The zero-order valence-electron chi connectivity index (χ0n) is 15.5. The van der Waals surface area contributed by atoms with Crippen molar-refractivity contribution in [3.05, 3.63) is 71.3 Å². The monoisotopic (exact) mass is 397 g/mol. The van der Waals surface area contributed by atoms with Crippen LogP contribution in [0.1, 0.15) is 29.9 Å². The van der Waals surface area contributed by atoms with Gasteiger partial charge in [0, 0.05) is 12.1 Å². The van der Waals surface area contributed by atoms with Gasteiger partial charge in [0.15, 0.2) is 5.82 Å². The first-order valence-corrected chi connectivity index (χ1v) is 9.93. The average Bonchev–Trinajstić information content (AvgIpc) is 3.09. The SMILES string of the molecule is CCc1nnc2n1NC(c1ccc(F)cc1)C(C(=O)Nc1cccc(C)c1)S2. The Kier molecular flexibility index (Phi) is 5.04. The molecule has 2 unspecified atom stereocenters. The van der Waals surface area contributed by atoms with Gasteiger partial charge in [-0.15, -0.1) is 10.2 Å². The van der Waals surface area contributed by atoms with E-state index in [1.807, 2.05) is 42.8 Å². The van der Waals surface area contributed by atoms with Crippen molar-refractivity contribution >= 4 is 23.4 Å². The third-order valence-electron chi connectivity index (χ3n) is 4.59. The Hall–Kier alpha value is -2.87. The van der Waals surface area contributed by atoms with E-state index in [1.54, 1.807) is 12.1 Å². The predicted octanol–water partition coefficient (Wildman–Crippen LogP) is 3.69. The van der Waals surface area contributed by atoms with Gasteiger partial charge in [-0.25, -0.2) is 9.07 Å². The zero-order valence-corrected chi connectivity index (χ0v) is 16.3. The summed E-state index contributed by atoms with van der Waals surface area (Å²) in [4.78, 5) is 13.1. The Morgan fingerprint density at radius 1 is 1.25 bits per heavy atom. The van der Waals surface area contributed by atoms with Crippen LogP contribution in [-0.4, -0.2) is 26.0 Å². The Balaban J connectivity index is 1.67. The topological polar surface area (TPSA) is 71.8 Å². The van der Waals surface area contributed by atoms with Crippen molar-refractivity contribution in [3.8, 4) is 0 Å². The number of fused-ring (bicyclic) bond motifs is 1. The quantitative estimate of drug-likeness (QED) is 0.703. The second-order valence-corrected chi connectivity index (χ2v) is 7.75. The summed E-state index contributed by atoms with van der Waals surface area (Å²) in [7, 11) is 0. The fourth-order valence-corrected chi connectivity index (χ4v) is 4.28. The van der Waals surface area contributed by atoms with Crippen molar-refractivity contribution in [2.45, 2.75) is 36.7 Å². The van der Waals surface area contributed by atoms with Gasteiger partial charge in [0.05, 0.1) is 6.04 Å². The fourth-order valence-electron chi connectivity index (χ4n) is 3.18. The lowest BCUT2D eigenvalue weighted by atomic mass is 10.0. The molecule has 1 aromatic heterocycles. The number of benzene rings is 2. The minimum atomic E-state index is -0.493. The third kappa shape index (κ3) is 3.60. The van der Waals surface area contributed by atoms with Crippen LogP contribution in [0.2, 0.25) is 0 Å². The van der Waals surface area contributed by atoms with Crippen LogP contribution in [0.5, 0.6) is 0 Å². The summed E-state index contributed by atoms with van der Waals surface area (Å²) in [6, 6.07) is 13.5. The number of thioether (sulfide) groups is 1. The molecular formula is C20H20FN5OS. The summed E-state index contributed by atoms with van der Waals surface area (Å²) in [5, 5.41) is 11.5. The van der Waals surface area contributed by atoms with Crippen molar-refractivity contribution in [1.82, 2.24) is 14.9 Å². The van der Waals surface area contributed by atoms with Gasteiger partial charge >= 0.3 is 0 Å². The molecule has 2 heterocycles. The summed E-state index contributed by atoms with van der Waals surface area (Å²) >= 11 is 1.35. The predicted molar refractivity (Wildman–Crippen MR) is 107 cm³/mol. The molecule has 4 rings (SSSR count). The summed E-state index contributed by atoms with van der Waals surface area (Å²) < 4.78 is 15.2. The van der Waals surface area contributed by atoms with E-state index in [0.29, 0.717) is 11.6 Å². The van der Waals surface area contributed by atoms with Gasteiger partial charge < -0.3 is 10.7 Å². The molecule has 2 N–H and O–H groups in total. The molecule has 0 saturated carbocycles. The van der Waals surface area contributed by atoms with Crippen molar-refractivity contribution in [2.75, 3.05) is 10.7 Å². The number of nitrogens with one attached hydrogen (secondary N) is 2. The average molecular weight is 397 g/mol. The maximum atomic E-state index is 13.4. The molecule has 0 aliphatic carbocycles. The highest BCUT2D eigenvalue weighted by molar-refractivity contribution is 8.00. The Morgan fingerprint density at radius 2 is 2.04 bits per heavy atom. The molecule has 2 atom stereocenters. The maximum absolute atomic E-state index is 13.4. The van der Waals surface area contributed by atoms with Gasteiger partial charge in [-0.1, -0.05) is 43.0 Å². The lowest BCUT2D eigenvalue weighted by molar-refractivity contribution is -0.116. The number of hydrogen-bond donors (Lipinski definition) is 2. The normalized spacial score (nSPS) is 18.2. The molecule has 1 amide bonds. The molecule has 0 fully saturated rings. The Labute approximate surface area is 166 Å². The van der Waals surface area contributed by atoms with Crippen molar-refractivity contribution in [1.29, 1.82) is 0 Å². The molecule has 2 aromatic carbocycles. The standard InChI is InChI=1S/C20H20FN5OS/c1-3-16-23-24-20-26(16)25-17(13-7-9-14(21)10-8-13)18(28-20)19(27)22-15-6-4-5-12(2)11-15/h4-11,17-18,25H,3H2,1-2H3,(H,22,27). The first kappa shape index (κ1) is 18.5. The number of carbonyl (C=O) groups excluding carboxylic acids is 1. The minimum Gasteiger partial charge on any atom is -0.325 e. The van der Waals surface area contributed by atoms with Gasteiger partial charge in [-0.3, -0.25) is 4.79 Å². The van der Waals surface area contributed by atoms with E-state index >= 15 is 0 Å². The van der Waals surface area contributed by atoms with Crippen LogP contribution in [0.3, 0.4) is 0 Å². The summed E-state index contributed by atoms with van der Waals surface area (Å²) in [5.41, 5.74) is 5.97. The fraction of sp³-hybridized carbons (Fsp3) is 0.250. The van der Waals surface area contributed by atoms with Crippen LogP contribution in [0.25, 0.3) is 0 Å². The maximum Gasteiger partial charge on any atom is 0.240 e. The van der Waals surface area contributed by atoms with Crippen LogP contribution in [0.15, 0.2) is 53.7 Å². The molecule has 0 saturated heterocycles. The van der Waals surface area contributed by atoms with Gasteiger partial charge in [0.1, 0.15) is 11.1 Å². The highest BCUT2D eigenvalue weighted by Crippen LogP contribution is 2.37. The van der Waals surface area contributed by atoms with Gasteiger partial charge in [0.2, 0.25) is 11.1 Å². The Bertz CT molecular complexity index is 1000. The first-order valence-electron chi connectivity index (χ1n) is 9.05. The lowest BCUT2D eigenvalue weighted by Crippen LogP contribution is -2.41. The minimum absolute atomic E-state index is 0.148. The molecule has 144 valence electrons. The van der Waals surface area contributed by atoms with E-state index in [0.717, 1.165) is 22.6 Å². The lowest BCUT2D eigenvalue weighted by Gasteiger charge is -2.33. The summed E-state index contributed by atoms with van der Waals surface area (Å²) in [6.45, 7) is 3.97. The number of carbonyl (C=O) groups is 1. The molecule has 1 aliphatic rings. The summed E-state index contributed by atoms with van der Waals surface area (Å²) in [5.74, 6) is 0.323. The van der Waals surface area contributed by atoms with Crippen molar-refractivity contribution in [3.63, 3.8) is 0 Å². The molecule has 0 radical (unpaired) electrons. The number of halogens is 1. The first-order chi connectivity index (χ1) is 13.5. The number of rotatable bonds is 4. The zero-order chi connectivity index (χ0) is 19.7. The van der Waals surface area contributed by atoms with Gasteiger partial charge in [-0.05, 0) is 42.3 Å². The van der Waals surface area contributed by atoms with E-state index in [-0.39, 0.29) is 17.8 Å². The third-order valence-corrected chi connectivity index (χ3v) is 5.81. The highest BCUT2D eigenvalue weighted by Gasteiger charge is 2.37. The number of aryl methyl sites for hydroxylation is 2. The molecule has 3 aromatic rings.